The lowest BCUT2D eigenvalue weighted by Gasteiger charge is -2.16. The van der Waals surface area contributed by atoms with Crippen LogP contribution >= 0.6 is 23.2 Å². The number of hydrogen-bond acceptors (Lipinski definition) is 2. The van der Waals surface area contributed by atoms with Gasteiger partial charge in [-0.25, -0.2) is 9.59 Å². The van der Waals surface area contributed by atoms with Gasteiger partial charge in [-0.1, -0.05) is 59.6 Å². The number of urea groups is 2. The molecule has 0 saturated heterocycles. The normalized spacial score (nSPS) is 10.3. The van der Waals surface area contributed by atoms with Crippen LogP contribution in [-0.2, 0) is 0 Å². The molecule has 0 atom stereocenters. The zero-order valence-electron chi connectivity index (χ0n) is 17.8. The number of amides is 4. The van der Waals surface area contributed by atoms with Gasteiger partial charge in [0.15, 0.2) is 0 Å². The van der Waals surface area contributed by atoms with Crippen molar-refractivity contribution in [3.05, 3.63) is 107 Å². The van der Waals surface area contributed by atoms with Crippen LogP contribution in [0.25, 0.3) is 11.1 Å². The topological polar surface area (TPSA) is 82.3 Å². The highest BCUT2D eigenvalue weighted by Gasteiger charge is 2.13. The second-order valence-electron chi connectivity index (χ2n) is 7.26. The van der Waals surface area contributed by atoms with Crippen LogP contribution < -0.4 is 21.3 Å². The number of hydrogen-bond donors (Lipinski definition) is 4. The standard InChI is InChI=1S/C26H20Cl2N4O2/c27-17-9-13-19(14-10-17)29-25(33)31-23-7-3-1-5-21(23)22-6-2-4-8-24(22)32-26(34)30-20-15-11-18(28)12-16-20/h1-16H,(H2,29,31,33)(H2,30,32,34). The zero-order chi connectivity index (χ0) is 23.9. The summed E-state index contributed by atoms with van der Waals surface area (Å²) >= 11 is 11.8. The largest absolute Gasteiger partial charge is 0.323 e. The van der Waals surface area contributed by atoms with Crippen LogP contribution in [0.4, 0.5) is 32.3 Å². The average molecular weight is 491 g/mol. The van der Waals surface area contributed by atoms with E-state index in [1.165, 1.54) is 0 Å². The summed E-state index contributed by atoms with van der Waals surface area (Å²) in [6.45, 7) is 0. The second kappa shape index (κ2) is 10.7. The summed E-state index contributed by atoms with van der Waals surface area (Å²) in [5, 5.41) is 12.5. The Morgan fingerprint density at radius 2 is 0.824 bits per heavy atom. The van der Waals surface area contributed by atoms with Crippen molar-refractivity contribution in [2.45, 2.75) is 0 Å². The maximum Gasteiger partial charge on any atom is 0.323 e. The minimum Gasteiger partial charge on any atom is -0.308 e. The fourth-order valence-corrected chi connectivity index (χ4v) is 3.54. The average Bonchev–Trinajstić information content (AvgIpc) is 2.83. The van der Waals surface area contributed by atoms with E-state index >= 15 is 0 Å². The predicted octanol–water partition coefficient (Wildman–Crippen LogP) is 7.95. The SMILES string of the molecule is O=C(Nc1ccc(Cl)cc1)Nc1ccccc1-c1ccccc1NC(=O)Nc1ccc(Cl)cc1. The van der Waals surface area contributed by atoms with E-state index in [1.54, 1.807) is 60.7 Å². The third kappa shape index (κ3) is 6.07. The molecule has 0 bridgehead atoms. The van der Waals surface area contributed by atoms with Crippen molar-refractivity contribution >= 4 is 58.0 Å². The molecule has 0 saturated carbocycles. The Morgan fingerprint density at radius 3 is 1.21 bits per heavy atom. The van der Waals surface area contributed by atoms with Gasteiger partial charge in [-0.05, 0) is 60.7 Å². The molecule has 0 unspecified atom stereocenters. The Morgan fingerprint density at radius 1 is 0.471 bits per heavy atom. The molecule has 0 fully saturated rings. The fraction of sp³-hybridized carbons (Fsp3) is 0. The molecule has 170 valence electrons. The number of para-hydroxylation sites is 2. The summed E-state index contributed by atoms with van der Waals surface area (Å²) in [7, 11) is 0. The fourth-order valence-electron chi connectivity index (χ4n) is 3.29. The molecule has 0 aliphatic heterocycles. The number of nitrogens with one attached hydrogen (secondary N) is 4. The van der Waals surface area contributed by atoms with Crippen LogP contribution in [0.5, 0.6) is 0 Å². The lowest BCUT2D eigenvalue weighted by atomic mass is 10.0. The first-order valence-electron chi connectivity index (χ1n) is 10.3. The molecule has 4 rings (SSSR count). The molecule has 4 N–H and O–H groups in total. The molecule has 0 radical (unpaired) electrons. The number of halogens is 2. The van der Waals surface area contributed by atoms with Crippen molar-refractivity contribution in [1.82, 2.24) is 0 Å². The van der Waals surface area contributed by atoms with Gasteiger partial charge in [0, 0.05) is 32.5 Å². The molecule has 8 heteroatoms. The number of anilines is 4. The van der Waals surface area contributed by atoms with E-state index in [0.29, 0.717) is 32.8 Å². The van der Waals surface area contributed by atoms with Crippen molar-refractivity contribution in [3.8, 4) is 11.1 Å². The van der Waals surface area contributed by atoms with Crippen LogP contribution in [0, 0.1) is 0 Å². The molecule has 0 spiro atoms. The van der Waals surface area contributed by atoms with Crippen molar-refractivity contribution in [2.75, 3.05) is 21.3 Å². The van der Waals surface area contributed by atoms with Crippen molar-refractivity contribution in [3.63, 3.8) is 0 Å². The quantitative estimate of drug-likeness (QED) is 0.229. The van der Waals surface area contributed by atoms with E-state index in [2.05, 4.69) is 21.3 Å². The summed E-state index contributed by atoms with van der Waals surface area (Å²) in [6.07, 6.45) is 0. The van der Waals surface area contributed by atoms with Gasteiger partial charge < -0.3 is 21.3 Å². The highest BCUT2D eigenvalue weighted by Crippen LogP contribution is 2.33. The van der Waals surface area contributed by atoms with Gasteiger partial charge >= 0.3 is 12.1 Å². The lowest BCUT2D eigenvalue weighted by molar-refractivity contribution is 0.261. The van der Waals surface area contributed by atoms with Gasteiger partial charge in [0.1, 0.15) is 0 Å². The van der Waals surface area contributed by atoms with E-state index in [4.69, 9.17) is 23.2 Å². The molecular weight excluding hydrogens is 471 g/mol. The number of carbonyl (C=O) groups excluding carboxylic acids is 2. The molecule has 0 heterocycles. The summed E-state index contributed by atoms with van der Waals surface area (Å²) in [5.74, 6) is 0. The highest BCUT2D eigenvalue weighted by molar-refractivity contribution is 6.31. The minimum atomic E-state index is -0.402. The summed E-state index contributed by atoms with van der Waals surface area (Å²) in [5.41, 5.74) is 3.88. The van der Waals surface area contributed by atoms with Crippen LogP contribution in [0.3, 0.4) is 0 Å². The Bertz CT molecular complexity index is 1210. The van der Waals surface area contributed by atoms with Crippen molar-refractivity contribution in [2.24, 2.45) is 0 Å². The van der Waals surface area contributed by atoms with Gasteiger partial charge in [0.05, 0.1) is 11.4 Å². The van der Waals surface area contributed by atoms with Crippen LogP contribution in [-0.4, -0.2) is 12.1 Å². The van der Waals surface area contributed by atoms with Gasteiger partial charge in [0.2, 0.25) is 0 Å². The highest BCUT2D eigenvalue weighted by atomic mass is 35.5. The Hall–Kier alpha value is -4.00. The summed E-state index contributed by atoms with van der Waals surface area (Å²) in [6, 6.07) is 27.5. The number of benzene rings is 4. The first-order chi connectivity index (χ1) is 16.5. The van der Waals surface area contributed by atoms with Gasteiger partial charge in [-0.2, -0.15) is 0 Å². The minimum absolute atomic E-state index is 0.402. The maximum atomic E-state index is 12.6. The molecule has 0 aliphatic carbocycles. The molecule has 0 aliphatic rings. The van der Waals surface area contributed by atoms with Crippen LogP contribution in [0.2, 0.25) is 10.0 Å². The van der Waals surface area contributed by atoms with E-state index < -0.39 is 12.1 Å². The lowest BCUT2D eigenvalue weighted by Crippen LogP contribution is -2.21. The summed E-state index contributed by atoms with van der Waals surface area (Å²) < 4.78 is 0. The Labute approximate surface area is 206 Å². The Kier molecular flexibility index (Phi) is 7.32. The maximum absolute atomic E-state index is 12.6. The Balaban J connectivity index is 1.52. The molecule has 34 heavy (non-hydrogen) atoms. The monoisotopic (exact) mass is 490 g/mol. The van der Waals surface area contributed by atoms with Gasteiger partial charge in [-0.15, -0.1) is 0 Å². The van der Waals surface area contributed by atoms with E-state index in [1.807, 2.05) is 36.4 Å². The van der Waals surface area contributed by atoms with Gasteiger partial charge in [0.25, 0.3) is 0 Å². The molecule has 0 aromatic heterocycles. The number of rotatable bonds is 5. The zero-order valence-corrected chi connectivity index (χ0v) is 19.3. The van der Waals surface area contributed by atoms with Crippen LogP contribution in [0.1, 0.15) is 0 Å². The predicted molar refractivity (Wildman–Crippen MR) is 140 cm³/mol. The molecule has 4 amide bonds. The number of carbonyl (C=O) groups is 2. The van der Waals surface area contributed by atoms with E-state index in [9.17, 15) is 9.59 Å². The third-order valence-electron chi connectivity index (χ3n) is 4.84. The van der Waals surface area contributed by atoms with Gasteiger partial charge in [-0.3, -0.25) is 0 Å². The summed E-state index contributed by atoms with van der Waals surface area (Å²) in [4.78, 5) is 25.2. The van der Waals surface area contributed by atoms with Crippen LogP contribution in [0.15, 0.2) is 97.1 Å². The first-order valence-corrected chi connectivity index (χ1v) is 11.1. The molecule has 4 aromatic rings. The smallest absolute Gasteiger partial charge is 0.308 e. The van der Waals surface area contributed by atoms with E-state index in [-0.39, 0.29) is 0 Å². The molecular formula is C26H20Cl2N4O2. The molecule has 4 aromatic carbocycles. The van der Waals surface area contributed by atoms with Crippen molar-refractivity contribution < 1.29 is 9.59 Å². The third-order valence-corrected chi connectivity index (χ3v) is 5.35. The van der Waals surface area contributed by atoms with Crippen molar-refractivity contribution in [1.29, 1.82) is 0 Å². The van der Waals surface area contributed by atoms with E-state index in [0.717, 1.165) is 11.1 Å². The first kappa shape index (κ1) is 23.2. The second-order valence-corrected chi connectivity index (χ2v) is 8.14. The molecule has 6 nitrogen and oxygen atoms in total.